The van der Waals surface area contributed by atoms with Crippen molar-refractivity contribution in [2.24, 2.45) is 5.92 Å². The van der Waals surface area contributed by atoms with Crippen molar-refractivity contribution in [3.63, 3.8) is 0 Å². The molecule has 3 heteroatoms. The molecule has 2 N–H and O–H groups in total. The Morgan fingerprint density at radius 2 is 1.89 bits per heavy atom. The molecule has 19 heavy (non-hydrogen) atoms. The van der Waals surface area contributed by atoms with Gasteiger partial charge in [0.15, 0.2) is 0 Å². The zero-order valence-electron chi connectivity index (χ0n) is 11.9. The lowest BCUT2D eigenvalue weighted by atomic mass is 9.87. The quantitative estimate of drug-likeness (QED) is 0.855. The van der Waals surface area contributed by atoms with E-state index >= 15 is 0 Å². The van der Waals surface area contributed by atoms with Gasteiger partial charge in [-0.2, -0.15) is 0 Å². The van der Waals surface area contributed by atoms with Gasteiger partial charge in [-0.15, -0.1) is 0 Å². The van der Waals surface area contributed by atoms with Gasteiger partial charge in [-0.3, -0.25) is 0 Å². The first-order valence-electron chi connectivity index (χ1n) is 7.32. The van der Waals surface area contributed by atoms with Crippen molar-refractivity contribution in [2.45, 2.75) is 51.7 Å². The van der Waals surface area contributed by atoms with Gasteiger partial charge in [-0.05, 0) is 57.6 Å². The minimum Gasteiger partial charge on any atom is -0.489 e. The largest absolute Gasteiger partial charge is 0.489 e. The Bertz CT molecular complexity index is 384. The van der Waals surface area contributed by atoms with Crippen LogP contribution in [0.25, 0.3) is 0 Å². The minimum atomic E-state index is -0.0761. The van der Waals surface area contributed by atoms with Crippen molar-refractivity contribution in [3.05, 3.63) is 24.3 Å². The number of anilines is 1. The molecule has 1 aliphatic rings. The standard InChI is InChI=1S/C16H25NO2/c1-12(2)19-16-6-4-3-5-15(16)17-11-13-7-9-14(18)10-8-13/h3-6,12-14,17-18H,7-11H2,1-2H3. The van der Waals surface area contributed by atoms with Crippen LogP contribution in [0.1, 0.15) is 39.5 Å². The minimum absolute atomic E-state index is 0.0761. The summed E-state index contributed by atoms with van der Waals surface area (Å²) >= 11 is 0. The maximum atomic E-state index is 9.52. The van der Waals surface area contributed by atoms with Gasteiger partial charge in [0.1, 0.15) is 5.75 Å². The van der Waals surface area contributed by atoms with Crippen LogP contribution in [0.3, 0.4) is 0 Å². The molecule has 0 aromatic heterocycles. The number of para-hydroxylation sites is 2. The number of aliphatic hydroxyl groups excluding tert-OH is 1. The van der Waals surface area contributed by atoms with E-state index in [-0.39, 0.29) is 12.2 Å². The first-order chi connectivity index (χ1) is 9.15. The number of hydrogen-bond donors (Lipinski definition) is 2. The van der Waals surface area contributed by atoms with E-state index in [0.29, 0.717) is 5.92 Å². The van der Waals surface area contributed by atoms with E-state index in [2.05, 4.69) is 11.4 Å². The van der Waals surface area contributed by atoms with E-state index in [4.69, 9.17) is 4.74 Å². The molecule has 0 bridgehead atoms. The Morgan fingerprint density at radius 3 is 2.58 bits per heavy atom. The molecule has 3 nitrogen and oxygen atoms in total. The summed E-state index contributed by atoms with van der Waals surface area (Å²) in [6.07, 6.45) is 4.22. The van der Waals surface area contributed by atoms with Gasteiger partial charge in [0.05, 0.1) is 17.9 Å². The number of aliphatic hydroxyl groups is 1. The van der Waals surface area contributed by atoms with Crippen LogP contribution in [0, 0.1) is 5.92 Å². The van der Waals surface area contributed by atoms with E-state index in [9.17, 15) is 5.11 Å². The molecular formula is C16H25NO2. The number of hydrogen-bond acceptors (Lipinski definition) is 3. The smallest absolute Gasteiger partial charge is 0.142 e. The fraction of sp³-hybridized carbons (Fsp3) is 0.625. The molecule has 1 saturated carbocycles. The van der Waals surface area contributed by atoms with Crippen molar-refractivity contribution in [2.75, 3.05) is 11.9 Å². The van der Waals surface area contributed by atoms with E-state index in [0.717, 1.165) is 43.7 Å². The zero-order valence-corrected chi connectivity index (χ0v) is 11.9. The predicted octanol–water partition coefficient (Wildman–Crippen LogP) is 3.44. The number of ether oxygens (including phenoxy) is 1. The van der Waals surface area contributed by atoms with Crippen molar-refractivity contribution >= 4 is 5.69 Å². The summed E-state index contributed by atoms with van der Waals surface area (Å²) in [5.74, 6) is 1.59. The summed E-state index contributed by atoms with van der Waals surface area (Å²) in [6, 6.07) is 8.10. The average molecular weight is 263 g/mol. The van der Waals surface area contributed by atoms with Crippen LogP contribution in [0.2, 0.25) is 0 Å². The molecule has 0 heterocycles. The third-order valence-corrected chi connectivity index (χ3v) is 3.65. The monoisotopic (exact) mass is 263 g/mol. The molecule has 1 fully saturated rings. The van der Waals surface area contributed by atoms with Crippen LogP contribution < -0.4 is 10.1 Å². The molecule has 1 aliphatic carbocycles. The van der Waals surface area contributed by atoms with Gasteiger partial charge in [-0.25, -0.2) is 0 Å². The van der Waals surface area contributed by atoms with Gasteiger partial charge in [0, 0.05) is 6.54 Å². The maximum absolute atomic E-state index is 9.52. The van der Waals surface area contributed by atoms with Crippen molar-refractivity contribution < 1.29 is 9.84 Å². The Balaban J connectivity index is 1.88. The van der Waals surface area contributed by atoms with Crippen molar-refractivity contribution in [3.8, 4) is 5.75 Å². The van der Waals surface area contributed by atoms with Gasteiger partial charge < -0.3 is 15.2 Å². The summed E-state index contributed by atoms with van der Waals surface area (Å²) in [5.41, 5.74) is 1.07. The van der Waals surface area contributed by atoms with E-state index in [1.807, 2.05) is 32.0 Å². The molecule has 2 rings (SSSR count). The van der Waals surface area contributed by atoms with Crippen LogP contribution >= 0.6 is 0 Å². The molecule has 0 saturated heterocycles. The second-order valence-electron chi connectivity index (χ2n) is 5.72. The lowest BCUT2D eigenvalue weighted by Gasteiger charge is -2.26. The normalized spacial score (nSPS) is 23.4. The van der Waals surface area contributed by atoms with E-state index < -0.39 is 0 Å². The molecule has 0 spiro atoms. The van der Waals surface area contributed by atoms with Crippen molar-refractivity contribution in [1.29, 1.82) is 0 Å². The fourth-order valence-electron chi connectivity index (χ4n) is 2.57. The number of nitrogens with one attached hydrogen (secondary N) is 1. The Hall–Kier alpha value is -1.22. The highest BCUT2D eigenvalue weighted by molar-refractivity contribution is 5.56. The highest BCUT2D eigenvalue weighted by Gasteiger charge is 2.19. The summed E-state index contributed by atoms with van der Waals surface area (Å²) in [5, 5.41) is 13.0. The van der Waals surface area contributed by atoms with Crippen LogP contribution in [0.15, 0.2) is 24.3 Å². The first-order valence-corrected chi connectivity index (χ1v) is 7.32. The number of benzene rings is 1. The molecule has 0 radical (unpaired) electrons. The van der Waals surface area contributed by atoms with Crippen LogP contribution in [-0.2, 0) is 0 Å². The molecule has 1 aromatic carbocycles. The molecule has 0 aliphatic heterocycles. The highest BCUT2D eigenvalue weighted by atomic mass is 16.5. The van der Waals surface area contributed by atoms with Crippen LogP contribution in [0.5, 0.6) is 5.75 Å². The SMILES string of the molecule is CC(C)Oc1ccccc1NCC1CCC(O)CC1. The zero-order chi connectivity index (χ0) is 13.7. The van der Waals surface area contributed by atoms with Crippen molar-refractivity contribution in [1.82, 2.24) is 0 Å². The molecule has 106 valence electrons. The Kier molecular flexibility index (Phi) is 5.08. The summed E-state index contributed by atoms with van der Waals surface area (Å²) < 4.78 is 5.80. The van der Waals surface area contributed by atoms with Gasteiger partial charge in [0.2, 0.25) is 0 Å². The van der Waals surface area contributed by atoms with Crippen LogP contribution in [0.4, 0.5) is 5.69 Å². The molecule has 0 unspecified atom stereocenters. The lowest BCUT2D eigenvalue weighted by Crippen LogP contribution is -2.23. The van der Waals surface area contributed by atoms with E-state index in [1.54, 1.807) is 0 Å². The lowest BCUT2D eigenvalue weighted by molar-refractivity contribution is 0.111. The molecule has 0 atom stereocenters. The molecule has 0 amide bonds. The van der Waals surface area contributed by atoms with Gasteiger partial charge in [-0.1, -0.05) is 12.1 Å². The topological polar surface area (TPSA) is 41.5 Å². The summed E-state index contributed by atoms with van der Waals surface area (Å²) in [7, 11) is 0. The molecule has 1 aromatic rings. The fourth-order valence-corrected chi connectivity index (χ4v) is 2.57. The Morgan fingerprint density at radius 1 is 1.21 bits per heavy atom. The summed E-state index contributed by atoms with van der Waals surface area (Å²) in [4.78, 5) is 0. The third-order valence-electron chi connectivity index (χ3n) is 3.65. The second kappa shape index (κ2) is 6.80. The maximum Gasteiger partial charge on any atom is 0.142 e. The Labute approximate surface area is 116 Å². The third kappa shape index (κ3) is 4.43. The highest BCUT2D eigenvalue weighted by Crippen LogP contribution is 2.28. The van der Waals surface area contributed by atoms with Gasteiger partial charge >= 0.3 is 0 Å². The second-order valence-corrected chi connectivity index (χ2v) is 5.72. The predicted molar refractivity (Wildman–Crippen MR) is 78.7 cm³/mol. The van der Waals surface area contributed by atoms with Crippen LogP contribution in [-0.4, -0.2) is 23.9 Å². The average Bonchev–Trinajstić information content (AvgIpc) is 2.39. The summed E-state index contributed by atoms with van der Waals surface area (Å²) in [6.45, 7) is 5.05. The number of rotatable bonds is 5. The van der Waals surface area contributed by atoms with E-state index in [1.165, 1.54) is 0 Å². The first kappa shape index (κ1) is 14.2. The van der Waals surface area contributed by atoms with Gasteiger partial charge in [0.25, 0.3) is 0 Å². The molecular weight excluding hydrogens is 238 g/mol.